The van der Waals surface area contributed by atoms with Gasteiger partial charge in [0.1, 0.15) is 5.82 Å². The summed E-state index contributed by atoms with van der Waals surface area (Å²) in [5, 5.41) is -0.892. The lowest BCUT2D eigenvalue weighted by Gasteiger charge is -2.16. The van der Waals surface area contributed by atoms with Gasteiger partial charge >= 0.3 is 0 Å². The Morgan fingerprint density at radius 2 is 1.92 bits per heavy atom. The van der Waals surface area contributed by atoms with Crippen molar-refractivity contribution in [1.29, 1.82) is 0 Å². The first kappa shape index (κ1) is 18.9. The van der Waals surface area contributed by atoms with Gasteiger partial charge in [-0.15, -0.1) is 0 Å². The van der Waals surface area contributed by atoms with Gasteiger partial charge in [-0.2, -0.15) is 0 Å². The van der Waals surface area contributed by atoms with E-state index in [0.717, 1.165) is 5.56 Å². The number of nitrogens with two attached hydrogens (primary N) is 1. The van der Waals surface area contributed by atoms with Crippen LogP contribution < -0.4 is 5.73 Å². The lowest BCUT2D eigenvalue weighted by molar-refractivity contribution is 0.166. The van der Waals surface area contributed by atoms with Gasteiger partial charge < -0.3 is 10.5 Å². The second kappa shape index (κ2) is 6.72. The first-order valence-electron chi connectivity index (χ1n) is 8.10. The van der Waals surface area contributed by atoms with Gasteiger partial charge in [0.25, 0.3) is 0 Å². The Morgan fingerprint density at radius 3 is 2.46 bits per heavy atom. The van der Waals surface area contributed by atoms with Crippen LogP contribution in [0.5, 0.6) is 0 Å². The number of aryl methyl sites for hydroxylation is 1. The van der Waals surface area contributed by atoms with Crippen LogP contribution in [0.4, 0.5) is 4.39 Å². The number of hydrogen-bond donors (Lipinski definition) is 1. The maximum Gasteiger partial charge on any atom is 0.182 e. The lowest BCUT2D eigenvalue weighted by atomic mass is 10.00. The Kier molecular flexibility index (Phi) is 4.90. The van der Waals surface area contributed by atoms with E-state index in [1.54, 1.807) is 36.4 Å². The highest BCUT2D eigenvalue weighted by Crippen LogP contribution is 2.64. The van der Waals surface area contributed by atoms with E-state index < -0.39 is 32.2 Å². The molecule has 0 bridgehead atoms. The van der Waals surface area contributed by atoms with Crippen molar-refractivity contribution >= 4 is 27.0 Å². The predicted molar refractivity (Wildman–Crippen MR) is 102 cm³/mol. The molecule has 2 aromatic carbocycles. The molecule has 4 nitrogen and oxygen atoms in total. The molecule has 2 aromatic rings. The molecule has 0 unspecified atom stereocenters. The Hall–Kier alpha value is -1.83. The fourth-order valence-electron chi connectivity index (χ4n) is 3.68. The van der Waals surface area contributed by atoms with Gasteiger partial charge in [-0.1, -0.05) is 42.0 Å². The molecule has 138 valence electrons. The van der Waals surface area contributed by atoms with E-state index in [0.29, 0.717) is 5.56 Å². The van der Waals surface area contributed by atoms with Gasteiger partial charge in [-0.25, -0.2) is 12.8 Å². The molecular weight excluding hydrogens is 373 g/mol. The average molecular weight is 394 g/mol. The summed E-state index contributed by atoms with van der Waals surface area (Å²) in [6.07, 6.45) is 0. The molecule has 7 heteroatoms. The summed E-state index contributed by atoms with van der Waals surface area (Å²) >= 11 is 5.23. The molecule has 3 atom stereocenters. The molecule has 0 aromatic heterocycles. The molecule has 0 radical (unpaired) electrons. The Morgan fingerprint density at radius 1 is 1.27 bits per heavy atom. The number of thiocarbonyl (C=S) groups is 1. The second-order valence-electron chi connectivity index (χ2n) is 6.65. The third kappa shape index (κ3) is 2.94. The molecule has 1 fully saturated rings. The molecule has 1 aliphatic carbocycles. The molecule has 0 heterocycles. The van der Waals surface area contributed by atoms with E-state index in [2.05, 4.69) is 0 Å². The number of sulfone groups is 1. The van der Waals surface area contributed by atoms with Crippen molar-refractivity contribution in [2.75, 3.05) is 13.7 Å². The summed E-state index contributed by atoms with van der Waals surface area (Å²) in [5.74, 6) is -0.989. The van der Waals surface area contributed by atoms with Crippen LogP contribution in [0.1, 0.15) is 17.0 Å². The molecule has 0 saturated heterocycles. The van der Waals surface area contributed by atoms with Crippen molar-refractivity contribution in [2.45, 2.75) is 23.0 Å². The minimum absolute atomic E-state index is 0.0548. The Bertz CT molecular complexity index is 944. The van der Waals surface area contributed by atoms with E-state index >= 15 is 0 Å². The number of benzene rings is 2. The number of halogens is 1. The second-order valence-corrected chi connectivity index (χ2v) is 9.16. The summed E-state index contributed by atoms with van der Waals surface area (Å²) < 4.78 is 45.6. The number of methoxy groups -OCH3 is 1. The molecule has 0 aliphatic heterocycles. The van der Waals surface area contributed by atoms with Crippen molar-refractivity contribution in [2.24, 2.45) is 11.1 Å². The lowest BCUT2D eigenvalue weighted by Crippen LogP contribution is -2.33. The van der Waals surface area contributed by atoms with Crippen LogP contribution >= 0.6 is 12.2 Å². The zero-order valence-corrected chi connectivity index (χ0v) is 16.1. The fourth-order valence-corrected chi connectivity index (χ4v) is 6.45. The molecule has 1 saturated carbocycles. The molecule has 0 amide bonds. The molecule has 26 heavy (non-hydrogen) atoms. The van der Waals surface area contributed by atoms with Crippen LogP contribution in [0.3, 0.4) is 0 Å². The number of ether oxygens (including phenoxy) is 1. The van der Waals surface area contributed by atoms with Crippen LogP contribution in [0.2, 0.25) is 0 Å². The zero-order valence-electron chi connectivity index (χ0n) is 14.5. The van der Waals surface area contributed by atoms with Crippen LogP contribution in [0, 0.1) is 18.2 Å². The summed E-state index contributed by atoms with van der Waals surface area (Å²) in [7, 11) is -2.27. The van der Waals surface area contributed by atoms with E-state index in [4.69, 9.17) is 22.7 Å². The zero-order chi connectivity index (χ0) is 19.1. The third-order valence-corrected chi connectivity index (χ3v) is 7.66. The highest BCUT2D eigenvalue weighted by atomic mass is 32.2. The summed E-state index contributed by atoms with van der Waals surface area (Å²) in [6, 6.07) is 12.5. The van der Waals surface area contributed by atoms with Crippen LogP contribution in [-0.2, 0) is 14.6 Å². The van der Waals surface area contributed by atoms with E-state index in [9.17, 15) is 12.8 Å². The van der Waals surface area contributed by atoms with Crippen molar-refractivity contribution in [3.63, 3.8) is 0 Å². The van der Waals surface area contributed by atoms with Crippen molar-refractivity contribution in [3.8, 4) is 0 Å². The summed E-state index contributed by atoms with van der Waals surface area (Å²) in [4.78, 5) is 0.262. The predicted octanol–water partition coefficient (Wildman–Crippen LogP) is 2.99. The first-order chi connectivity index (χ1) is 12.2. The van der Waals surface area contributed by atoms with E-state index in [-0.39, 0.29) is 16.5 Å². The topological polar surface area (TPSA) is 69.4 Å². The summed E-state index contributed by atoms with van der Waals surface area (Å²) in [6.45, 7) is 1.94. The van der Waals surface area contributed by atoms with Gasteiger partial charge in [-0.3, -0.25) is 0 Å². The Balaban J connectivity index is 2.13. The molecule has 3 rings (SSSR count). The SMILES string of the molecule is COC[C@@]1(C(N)=S)[C@@H](c2cccc(F)c2)[C@@H]1S(=O)(=O)c1ccc(C)cc1. The van der Waals surface area contributed by atoms with Gasteiger partial charge in [0.2, 0.25) is 0 Å². The van der Waals surface area contributed by atoms with Crippen LogP contribution in [-0.4, -0.2) is 32.4 Å². The van der Waals surface area contributed by atoms with Crippen LogP contribution in [0.25, 0.3) is 0 Å². The average Bonchev–Trinajstić information content (AvgIpc) is 3.27. The smallest absolute Gasteiger partial charge is 0.182 e. The Labute approximate surface area is 158 Å². The molecule has 2 N–H and O–H groups in total. The van der Waals surface area contributed by atoms with Gasteiger partial charge in [0, 0.05) is 13.0 Å². The van der Waals surface area contributed by atoms with Gasteiger partial charge in [-0.05, 0) is 36.8 Å². The minimum atomic E-state index is -3.74. The maximum absolute atomic E-state index is 13.7. The number of rotatable bonds is 6. The monoisotopic (exact) mass is 393 g/mol. The van der Waals surface area contributed by atoms with Crippen LogP contribution in [0.15, 0.2) is 53.4 Å². The third-order valence-electron chi connectivity index (χ3n) is 4.99. The van der Waals surface area contributed by atoms with Crippen molar-refractivity contribution in [3.05, 3.63) is 65.5 Å². The van der Waals surface area contributed by atoms with E-state index in [1.807, 2.05) is 6.92 Å². The van der Waals surface area contributed by atoms with Gasteiger partial charge in [0.15, 0.2) is 9.84 Å². The van der Waals surface area contributed by atoms with Crippen molar-refractivity contribution < 1.29 is 17.5 Å². The minimum Gasteiger partial charge on any atom is -0.393 e. The standard InChI is InChI=1S/C19H20FNO3S2/c1-12-6-8-15(9-7-12)26(22,23)17-16(13-4-3-5-14(20)10-13)19(17,11-24-2)18(21)25/h3-10,16-17H,11H2,1-2H3,(H2,21,25)/t16-,17-,19+/m0/s1. The first-order valence-corrected chi connectivity index (χ1v) is 10.1. The highest BCUT2D eigenvalue weighted by molar-refractivity contribution is 7.92. The normalized spacial score (nSPS) is 25.0. The maximum atomic E-state index is 13.7. The number of hydrogen-bond acceptors (Lipinski definition) is 4. The van der Waals surface area contributed by atoms with Crippen molar-refractivity contribution in [1.82, 2.24) is 0 Å². The molecular formula is C19H20FNO3S2. The van der Waals surface area contributed by atoms with Gasteiger partial charge in [0.05, 0.1) is 27.2 Å². The molecule has 1 aliphatic rings. The van der Waals surface area contributed by atoms with E-state index in [1.165, 1.54) is 19.2 Å². The summed E-state index contributed by atoms with van der Waals surface area (Å²) in [5.41, 5.74) is 6.42. The molecule has 0 spiro atoms. The quantitative estimate of drug-likeness (QED) is 0.764. The highest BCUT2D eigenvalue weighted by Gasteiger charge is 2.73. The largest absolute Gasteiger partial charge is 0.393 e. The fraction of sp³-hybridized carbons (Fsp3) is 0.316.